The van der Waals surface area contributed by atoms with Crippen LogP contribution in [0.15, 0.2) is 22.7 Å². The lowest BCUT2D eigenvalue weighted by molar-refractivity contribution is -0.137. The van der Waals surface area contributed by atoms with Crippen molar-refractivity contribution >= 4 is 33.6 Å². The molecular weight excluding hydrogens is 340 g/mol. The first-order chi connectivity index (χ1) is 9.88. The number of methoxy groups -OCH3 is 1. The van der Waals surface area contributed by atoms with Gasteiger partial charge in [0.25, 0.3) is 0 Å². The summed E-state index contributed by atoms with van der Waals surface area (Å²) in [6, 6.07) is 4.51. The molecular formula is C14H19BrN2O4. The molecule has 0 aliphatic heterocycles. The molecule has 116 valence electrons. The van der Waals surface area contributed by atoms with Gasteiger partial charge in [-0.1, -0.05) is 15.9 Å². The normalized spacial score (nSPS) is 11.6. The van der Waals surface area contributed by atoms with Crippen molar-refractivity contribution in [1.29, 1.82) is 0 Å². The molecule has 1 rings (SSSR count). The zero-order valence-electron chi connectivity index (χ0n) is 12.2. The van der Waals surface area contributed by atoms with Gasteiger partial charge >= 0.3 is 12.0 Å². The minimum atomic E-state index is -0.936. The number of benzene rings is 1. The van der Waals surface area contributed by atoms with Crippen molar-refractivity contribution in [3.63, 3.8) is 0 Å². The maximum Gasteiger partial charge on any atom is 0.322 e. The molecule has 0 heterocycles. The molecule has 1 aromatic rings. The second-order valence-corrected chi connectivity index (χ2v) is 5.42. The first-order valence-electron chi connectivity index (χ1n) is 6.52. The number of amides is 2. The molecule has 1 aromatic carbocycles. The van der Waals surface area contributed by atoms with E-state index in [1.165, 1.54) is 12.0 Å². The summed E-state index contributed by atoms with van der Waals surface area (Å²) in [7, 11) is 1.52. The highest BCUT2D eigenvalue weighted by Gasteiger charge is 2.21. The Bertz CT molecular complexity index is 522. The predicted octanol–water partition coefficient (Wildman–Crippen LogP) is 3.17. The van der Waals surface area contributed by atoms with E-state index in [4.69, 9.17) is 9.84 Å². The Morgan fingerprint density at radius 1 is 1.48 bits per heavy atom. The summed E-state index contributed by atoms with van der Waals surface area (Å²) in [4.78, 5) is 24.5. The predicted molar refractivity (Wildman–Crippen MR) is 83.8 cm³/mol. The van der Waals surface area contributed by atoms with Gasteiger partial charge < -0.3 is 20.1 Å². The van der Waals surface area contributed by atoms with Crippen molar-refractivity contribution in [3.05, 3.63) is 22.7 Å². The standard InChI is InChI=1S/C14H19BrN2O4/c1-4-17(9(2)7-13(18)19)14(20)16-11-8-10(15)5-6-12(11)21-3/h5-6,8-9H,4,7H2,1-3H3,(H,16,20)(H,18,19). The fourth-order valence-electron chi connectivity index (χ4n) is 1.98. The molecule has 0 fully saturated rings. The van der Waals surface area contributed by atoms with Crippen LogP contribution in [0.3, 0.4) is 0 Å². The van der Waals surface area contributed by atoms with E-state index < -0.39 is 12.0 Å². The lowest BCUT2D eigenvalue weighted by Crippen LogP contribution is -2.42. The SMILES string of the molecule is CCN(C(=O)Nc1cc(Br)ccc1OC)C(C)CC(=O)O. The van der Waals surface area contributed by atoms with E-state index in [-0.39, 0.29) is 12.5 Å². The molecule has 0 aliphatic rings. The van der Waals surface area contributed by atoms with E-state index in [1.807, 2.05) is 0 Å². The number of anilines is 1. The van der Waals surface area contributed by atoms with Crippen molar-refractivity contribution in [2.45, 2.75) is 26.3 Å². The fraction of sp³-hybridized carbons (Fsp3) is 0.429. The van der Waals surface area contributed by atoms with E-state index >= 15 is 0 Å². The Morgan fingerprint density at radius 2 is 2.14 bits per heavy atom. The van der Waals surface area contributed by atoms with E-state index in [9.17, 15) is 9.59 Å². The van der Waals surface area contributed by atoms with Crippen molar-refractivity contribution < 1.29 is 19.4 Å². The molecule has 2 amide bonds. The summed E-state index contributed by atoms with van der Waals surface area (Å²) in [5.74, 6) is -0.401. The number of nitrogens with zero attached hydrogens (tertiary/aromatic N) is 1. The highest BCUT2D eigenvalue weighted by atomic mass is 79.9. The molecule has 6 nitrogen and oxygen atoms in total. The molecule has 2 N–H and O–H groups in total. The number of aliphatic carboxylic acids is 1. The van der Waals surface area contributed by atoms with E-state index in [1.54, 1.807) is 32.0 Å². The number of urea groups is 1. The first kappa shape index (κ1) is 17.3. The summed E-state index contributed by atoms with van der Waals surface area (Å²) in [6.07, 6.45) is -0.100. The van der Waals surface area contributed by atoms with E-state index in [0.717, 1.165) is 4.47 Å². The Morgan fingerprint density at radius 3 is 2.67 bits per heavy atom. The van der Waals surface area contributed by atoms with Gasteiger partial charge in [-0.05, 0) is 32.0 Å². The molecule has 0 saturated heterocycles. The van der Waals surface area contributed by atoms with Crippen molar-refractivity contribution in [2.24, 2.45) is 0 Å². The topological polar surface area (TPSA) is 78.9 Å². The smallest absolute Gasteiger partial charge is 0.322 e. The second kappa shape index (κ2) is 7.87. The average molecular weight is 359 g/mol. The van der Waals surface area contributed by atoms with Gasteiger partial charge in [-0.3, -0.25) is 4.79 Å². The van der Waals surface area contributed by atoms with Crippen LogP contribution in [0.2, 0.25) is 0 Å². The van der Waals surface area contributed by atoms with Crippen LogP contribution in [-0.4, -0.2) is 41.7 Å². The molecule has 0 spiro atoms. The number of carboxylic acid groups (broad SMARTS) is 1. The van der Waals surface area contributed by atoms with Gasteiger partial charge in [0.05, 0.1) is 19.2 Å². The number of carbonyl (C=O) groups excluding carboxylic acids is 1. The second-order valence-electron chi connectivity index (χ2n) is 4.51. The maximum absolute atomic E-state index is 12.3. The molecule has 21 heavy (non-hydrogen) atoms. The number of hydrogen-bond acceptors (Lipinski definition) is 3. The molecule has 0 saturated carbocycles. The minimum absolute atomic E-state index is 0.100. The summed E-state index contributed by atoms with van der Waals surface area (Å²) >= 11 is 3.33. The number of rotatable bonds is 6. The van der Waals surface area contributed by atoms with E-state index in [0.29, 0.717) is 18.0 Å². The number of ether oxygens (including phenoxy) is 1. The lowest BCUT2D eigenvalue weighted by atomic mass is 10.2. The molecule has 1 atom stereocenters. The highest BCUT2D eigenvalue weighted by Crippen LogP contribution is 2.28. The highest BCUT2D eigenvalue weighted by molar-refractivity contribution is 9.10. The zero-order chi connectivity index (χ0) is 16.0. The number of carboxylic acids is 1. The molecule has 0 radical (unpaired) electrons. The number of carbonyl (C=O) groups is 2. The van der Waals surface area contributed by atoms with Crippen LogP contribution in [0.4, 0.5) is 10.5 Å². The summed E-state index contributed by atoms with van der Waals surface area (Å²) in [5, 5.41) is 11.6. The Hall–Kier alpha value is -1.76. The third-order valence-corrected chi connectivity index (χ3v) is 3.50. The number of nitrogens with one attached hydrogen (secondary N) is 1. The summed E-state index contributed by atoms with van der Waals surface area (Å²) in [6.45, 7) is 3.92. The average Bonchev–Trinajstić information content (AvgIpc) is 2.38. The number of hydrogen-bond donors (Lipinski definition) is 2. The van der Waals surface area contributed by atoms with E-state index in [2.05, 4.69) is 21.2 Å². The monoisotopic (exact) mass is 358 g/mol. The van der Waals surface area contributed by atoms with Gasteiger partial charge in [0.15, 0.2) is 0 Å². The first-order valence-corrected chi connectivity index (χ1v) is 7.31. The maximum atomic E-state index is 12.3. The van der Waals surface area contributed by atoms with Gasteiger partial charge in [-0.25, -0.2) is 4.79 Å². The third kappa shape index (κ3) is 4.93. The number of halogens is 1. The van der Waals surface area contributed by atoms with Gasteiger partial charge in [0.2, 0.25) is 0 Å². The molecule has 1 unspecified atom stereocenters. The zero-order valence-corrected chi connectivity index (χ0v) is 13.8. The van der Waals surface area contributed by atoms with Gasteiger partial charge in [0, 0.05) is 17.1 Å². The lowest BCUT2D eigenvalue weighted by Gasteiger charge is -2.27. The van der Waals surface area contributed by atoms with Gasteiger partial charge in [-0.2, -0.15) is 0 Å². The van der Waals surface area contributed by atoms with Crippen LogP contribution in [0.5, 0.6) is 5.75 Å². The molecule has 0 aliphatic carbocycles. The van der Waals surface area contributed by atoms with Crippen LogP contribution in [0, 0.1) is 0 Å². The Balaban J connectivity index is 2.87. The molecule has 0 aromatic heterocycles. The quantitative estimate of drug-likeness (QED) is 0.818. The summed E-state index contributed by atoms with van der Waals surface area (Å²) < 4.78 is 6.00. The van der Waals surface area contributed by atoms with Crippen LogP contribution in [0.25, 0.3) is 0 Å². The van der Waals surface area contributed by atoms with Gasteiger partial charge in [0.1, 0.15) is 5.75 Å². The fourth-order valence-corrected chi connectivity index (χ4v) is 2.34. The van der Waals surface area contributed by atoms with Crippen molar-refractivity contribution in [3.8, 4) is 5.75 Å². The molecule has 7 heteroatoms. The summed E-state index contributed by atoms with van der Waals surface area (Å²) in [5.41, 5.74) is 0.526. The Kier molecular flexibility index (Phi) is 6.48. The van der Waals surface area contributed by atoms with Crippen LogP contribution < -0.4 is 10.1 Å². The largest absolute Gasteiger partial charge is 0.495 e. The Labute approximate surface area is 132 Å². The third-order valence-electron chi connectivity index (χ3n) is 3.01. The van der Waals surface area contributed by atoms with Gasteiger partial charge in [-0.15, -0.1) is 0 Å². The van der Waals surface area contributed by atoms with Crippen LogP contribution in [0.1, 0.15) is 20.3 Å². The molecule has 0 bridgehead atoms. The van der Waals surface area contributed by atoms with Crippen LogP contribution >= 0.6 is 15.9 Å². The van der Waals surface area contributed by atoms with Crippen LogP contribution in [-0.2, 0) is 4.79 Å². The van der Waals surface area contributed by atoms with Crippen molar-refractivity contribution in [2.75, 3.05) is 19.0 Å². The minimum Gasteiger partial charge on any atom is -0.495 e. The van der Waals surface area contributed by atoms with Crippen molar-refractivity contribution in [1.82, 2.24) is 4.90 Å².